The minimum atomic E-state index is -0.105. The molecule has 1 atom stereocenters. The van der Waals surface area contributed by atoms with Crippen molar-refractivity contribution in [1.29, 1.82) is 0 Å². The second-order valence-electron chi connectivity index (χ2n) is 4.90. The van der Waals surface area contributed by atoms with Crippen molar-refractivity contribution in [2.75, 3.05) is 17.6 Å². The van der Waals surface area contributed by atoms with Gasteiger partial charge in [-0.15, -0.1) is 22.6 Å². The molecule has 0 unspecified atom stereocenters. The zero-order chi connectivity index (χ0) is 15.4. The fourth-order valence-corrected chi connectivity index (χ4v) is 3.01. The molecule has 1 saturated heterocycles. The van der Waals surface area contributed by atoms with Crippen molar-refractivity contribution in [2.45, 2.75) is 24.1 Å². The van der Waals surface area contributed by atoms with Crippen LogP contribution in [0.25, 0.3) is 0 Å². The van der Waals surface area contributed by atoms with Gasteiger partial charge in [0.2, 0.25) is 11.8 Å². The molecule has 1 aromatic heterocycles. The normalized spacial score (nSPS) is 16.8. The molecule has 0 saturated carbocycles. The molecule has 1 aliphatic rings. The van der Waals surface area contributed by atoms with Crippen LogP contribution in [0.4, 0.5) is 5.69 Å². The van der Waals surface area contributed by atoms with Crippen LogP contribution in [0.15, 0.2) is 38.4 Å². The Labute approximate surface area is 152 Å². The maximum atomic E-state index is 11.9. The molecule has 6 nitrogen and oxygen atoms in total. The average molecular weight is 420 g/mol. The van der Waals surface area contributed by atoms with E-state index in [4.69, 9.17) is 4.42 Å². The third-order valence-corrected chi connectivity index (χ3v) is 4.58. The molecule has 2 aromatic rings. The van der Waals surface area contributed by atoms with Crippen molar-refractivity contribution >= 4 is 51.7 Å². The molecule has 1 aliphatic heterocycles. The summed E-state index contributed by atoms with van der Waals surface area (Å²) >= 11 is 4.59. The fraction of sp³-hybridized carbons (Fsp3) is 0.357. The van der Waals surface area contributed by atoms with E-state index >= 15 is 0 Å². The molecule has 0 spiro atoms. The molecule has 1 amide bonds. The van der Waals surface area contributed by atoms with Crippen molar-refractivity contribution < 1.29 is 9.21 Å². The zero-order valence-corrected chi connectivity index (χ0v) is 15.3. The SMILES string of the molecule is Cl.O=C(CSc1nnc([C@@H]2CCCN2)o1)Nc1ccc(Br)cc1. The first-order valence-corrected chi connectivity index (χ1v) is 8.73. The summed E-state index contributed by atoms with van der Waals surface area (Å²) in [6.45, 7) is 0.977. The van der Waals surface area contributed by atoms with Crippen molar-refractivity contribution in [2.24, 2.45) is 0 Å². The molecule has 1 fully saturated rings. The first-order chi connectivity index (χ1) is 10.7. The molecule has 9 heteroatoms. The molecule has 23 heavy (non-hydrogen) atoms. The highest BCUT2D eigenvalue weighted by atomic mass is 79.9. The second kappa shape index (κ2) is 8.68. The van der Waals surface area contributed by atoms with Gasteiger partial charge in [0, 0.05) is 10.2 Å². The second-order valence-corrected chi connectivity index (χ2v) is 6.74. The summed E-state index contributed by atoms with van der Waals surface area (Å²) in [6, 6.07) is 7.58. The van der Waals surface area contributed by atoms with Crippen molar-refractivity contribution in [1.82, 2.24) is 15.5 Å². The molecule has 124 valence electrons. The van der Waals surface area contributed by atoms with Crippen LogP contribution in [0.2, 0.25) is 0 Å². The maximum absolute atomic E-state index is 11.9. The highest BCUT2D eigenvalue weighted by Gasteiger charge is 2.22. The van der Waals surface area contributed by atoms with Gasteiger partial charge >= 0.3 is 0 Å². The lowest BCUT2D eigenvalue weighted by atomic mass is 10.2. The Morgan fingerprint density at radius 1 is 1.39 bits per heavy atom. The Morgan fingerprint density at radius 3 is 2.87 bits per heavy atom. The topological polar surface area (TPSA) is 80.1 Å². The van der Waals surface area contributed by atoms with E-state index < -0.39 is 0 Å². The molecular formula is C14H16BrClN4O2S. The lowest BCUT2D eigenvalue weighted by Gasteiger charge is -2.04. The van der Waals surface area contributed by atoms with E-state index in [1.165, 1.54) is 11.8 Å². The van der Waals surface area contributed by atoms with Crippen molar-refractivity contribution in [3.63, 3.8) is 0 Å². The van der Waals surface area contributed by atoms with Crippen LogP contribution >= 0.6 is 40.1 Å². The predicted molar refractivity (Wildman–Crippen MR) is 95.0 cm³/mol. The Morgan fingerprint density at radius 2 is 2.17 bits per heavy atom. The van der Waals surface area contributed by atoms with Gasteiger partial charge in [-0.3, -0.25) is 4.79 Å². The van der Waals surface area contributed by atoms with Gasteiger partial charge < -0.3 is 15.1 Å². The number of nitrogens with zero attached hydrogens (tertiary/aromatic N) is 2. The van der Waals surface area contributed by atoms with Gasteiger partial charge in [-0.25, -0.2) is 0 Å². The number of carbonyl (C=O) groups excluding carboxylic acids is 1. The summed E-state index contributed by atoms with van der Waals surface area (Å²) in [6.07, 6.45) is 2.13. The third-order valence-electron chi connectivity index (χ3n) is 3.24. The van der Waals surface area contributed by atoms with Crippen LogP contribution in [-0.4, -0.2) is 28.4 Å². The Bertz CT molecular complexity index is 646. The van der Waals surface area contributed by atoms with E-state index in [9.17, 15) is 4.79 Å². The number of anilines is 1. The molecule has 2 N–H and O–H groups in total. The number of benzene rings is 1. The molecule has 3 rings (SSSR count). The molecule has 0 radical (unpaired) electrons. The van der Waals surface area contributed by atoms with Gasteiger partial charge in [-0.1, -0.05) is 27.7 Å². The summed E-state index contributed by atoms with van der Waals surface area (Å²) in [5.41, 5.74) is 0.759. The van der Waals surface area contributed by atoms with E-state index in [1.807, 2.05) is 24.3 Å². The zero-order valence-electron chi connectivity index (χ0n) is 12.1. The molecule has 0 aliphatic carbocycles. The Hall–Kier alpha value is -1.09. The van der Waals surface area contributed by atoms with Crippen molar-refractivity contribution in [3.05, 3.63) is 34.6 Å². The van der Waals surface area contributed by atoms with Crippen molar-refractivity contribution in [3.8, 4) is 0 Å². The summed E-state index contributed by atoms with van der Waals surface area (Å²) in [5.74, 6) is 0.731. The molecular weight excluding hydrogens is 404 g/mol. The number of amides is 1. The predicted octanol–water partition coefficient (Wildman–Crippen LogP) is 3.41. The molecule has 0 bridgehead atoms. The Kier molecular flexibility index (Phi) is 6.88. The number of nitrogens with one attached hydrogen (secondary N) is 2. The van der Waals surface area contributed by atoms with Gasteiger partial charge in [-0.2, -0.15) is 0 Å². The number of halogens is 2. The first kappa shape index (κ1) is 18.3. The minimum absolute atomic E-state index is 0. The van der Waals surface area contributed by atoms with Crippen LogP contribution in [-0.2, 0) is 4.79 Å². The summed E-state index contributed by atoms with van der Waals surface area (Å²) < 4.78 is 6.55. The largest absolute Gasteiger partial charge is 0.414 e. The van der Waals surface area contributed by atoms with Crippen LogP contribution in [0, 0.1) is 0 Å². The van der Waals surface area contributed by atoms with Gasteiger partial charge in [0.25, 0.3) is 5.22 Å². The fourth-order valence-electron chi connectivity index (χ4n) is 2.17. The summed E-state index contributed by atoms with van der Waals surface area (Å²) in [5, 5.41) is 14.5. The number of rotatable bonds is 5. The number of hydrogen-bond acceptors (Lipinski definition) is 6. The van der Waals surface area contributed by atoms with Crippen LogP contribution in [0.5, 0.6) is 0 Å². The van der Waals surface area contributed by atoms with Gasteiger partial charge in [0.05, 0.1) is 11.8 Å². The lowest BCUT2D eigenvalue weighted by molar-refractivity contribution is -0.113. The highest BCUT2D eigenvalue weighted by Crippen LogP contribution is 2.25. The van der Waals surface area contributed by atoms with Gasteiger partial charge in [0.1, 0.15) is 0 Å². The van der Waals surface area contributed by atoms with E-state index in [0.717, 1.165) is 29.5 Å². The van der Waals surface area contributed by atoms with Gasteiger partial charge in [-0.05, 0) is 43.7 Å². The number of hydrogen-bond donors (Lipinski definition) is 2. The number of aromatic nitrogens is 2. The lowest BCUT2D eigenvalue weighted by Crippen LogP contribution is -2.13. The van der Waals surface area contributed by atoms with Crippen LogP contribution in [0.1, 0.15) is 24.8 Å². The maximum Gasteiger partial charge on any atom is 0.277 e. The highest BCUT2D eigenvalue weighted by molar-refractivity contribution is 9.10. The monoisotopic (exact) mass is 418 g/mol. The minimum Gasteiger partial charge on any atom is -0.414 e. The molecule has 2 heterocycles. The van der Waals surface area contributed by atoms with E-state index in [2.05, 4.69) is 36.8 Å². The third kappa shape index (κ3) is 5.20. The van der Waals surface area contributed by atoms with E-state index in [1.54, 1.807) is 0 Å². The summed E-state index contributed by atoms with van der Waals surface area (Å²) in [7, 11) is 0. The van der Waals surface area contributed by atoms with E-state index in [0.29, 0.717) is 11.1 Å². The van der Waals surface area contributed by atoms with Crippen LogP contribution < -0.4 is 10.6 Å². The average Bonchev–Trinajstić information content (AvgIpc) is 3.18. The van der Waals surface area contributed by atoms with E-state index in [-0.39, 0.29) is 30.1 Å². The quantitative estimate of drug-likeness (QED) is 0.723. The smallest absolute Gasteiger partial charge is 0.277 e. The Balaban J connectivity index is 0.00000192. The van der Waals surface area contributed by atoms with Gasteiger partial charge in [0.15, 0.2) is 0 Å². The standard InChI is InChI=1S/C14H15BrN4O2S.ClH/c15-9-3-5-10(6-4-9)17-12(20)8-22-14-19-18-13(21-14)11-2-1-7-16-11;/h3-6,11,16H,1-2,7-8H2,(H,17,20);1H/t11-;/m0./s1. The van der Waals surface area contributed by atoms with Crippen LogP contribution in [0.3, 0.4) is 0 Å². The first-order valence-electron chi connectivity index (χ1n) is 6.96. The number of carbonyl (C=O) groups is 1. The molecule has 1 aromatic carbocycles. The summed E-state index contributed by atoms with van der Waals surface area (Å²) in [4.78, 5) is 11.9. The number of thioether (sulfide) groups is 1.